The van der Waals surface area contributed by atoms with E-state index in [2.05, 4.69) is 5.32 Å². The Balaban J connectivity index is 3.90. The summed E-state index contributed by atoms with van der Waals surface area (Å²) in [5.41, 5.74) is 0. The SMILES string of the molecule is CCOP(=O)(CCNC)OCC. The predicted molar refractivity (Wildman–Crippen MR) is 49.7 cm³/mol. The van der Waals surface area contributed by atoms with E-state index in [1.807, 2.05) is 20.9 Å². The average Bonchev–Trinajstić information content (AvgIpc) is 2.02. The molecule has 0 fully saturated rings. The molecule has 0 aromatic carbocycles. The van der Waals surface area contributed by atoms with E-state index in [-0.39, 0.29) is 0 Å². The van der Waals surface area contributed by atoms with Crippen LogP contribution in [0.15, 0.2) is 0 Å². The molecule has 5 heteroatoms. The Hall–Kier alpha value is 0.110. The Morgan fingerprint density at radius 3 is 2.08 bits per heavy atom. The van der Waals surface area contributed by atoms with E-state index in [9.17, 15) is 4.57 Å². The normalized spacial score (nSPS) is 11.9. The fourth-order valence-corrected chi connectivity index (χ4v) is 2.43. The molecule has 0 aliphatic carbocycles. The summed E-state index contributed by atoms with van der Waals surface area (Å²) in [6, 6.07) is 0. The van der Waals surface area contributed by atoms with Gasteiger partial charge < -0.3 is 14.4 Å². The fraction of sp³-hybridized carbons (Fsp3) is 1.00. The average molecular weight is 195 g/mol. The second kappa shape index (κ2) is 6.61. The molecule has 4 nitrogen and oxygen atoms in total. The van der Waals surface area contributed by atoms with Gasteiger partial charge in [0.2, 0.25) is 0 Å². The summed E-state index contributed by atoms with van der Waals surface area (Å²) in [4.78, 5) is 0. The second-order valence-electron chi connectivity index (χ2n) is 2.27. The van der Waals surface area contributed by atoms with E-state index in [1.54, 1.807) is 0 Å². The first-order chi connectivity index (χ1) is 5.68. The Morgan fingerprint density at radius 1 is 1.25 bits per heavy atom. The molecular formula is C7H18NO3P. The van der Waals surface area contributed by atoms with Crippen LogP contribution in [-0.4, -0.2) is 33.0 Å². The Labute approximate surface area is 74.2 Å². The quantitative estimate of drug-likeness (QED) is 0.625. The third-order valence-corrected chi connectivity index (χ3v) is 3.36. The summed E-state index contributed by atoms with van der Waals surface area (Å²) in [5, 5.41) is 2.91. The molecule has 0 spiro atoms. The molecule has 0 aromatic rings. The largest absolute Gasteiger partial charge is 0.331 e. The highest BCUT2D eigenvalue weighted by atomic mass is 31.2. The standard InChI is InChI=1S/C7H18NO3P/c1-4-10-12(9,11-5-2)7-6-8-3/h8H,4-7H2,1-3H3. The van der Waals surface area contributed by atoms with Crippen molar-refractivity contribution in [3.63, 3.8) is 0 Å². The van der Waals surface area contributed by atoms with Crippen molar-refractivity contribution >= 4 is 7.60 Å². The minimum absolute atomic E-state index is 0.432. The number of nitrogens with one attached hydrogen (secondary N) is 1. The summed E-state index contributed by atoms with van der Waals surface area (Å²) < 4.78 is 21.8. The lowest BCUT2D eigenvalue weighted by molar-refractivity contribution is 0.220. The first-order valence-electron chi connectivity index (χ1n) is 4.21. The van der Waals surface area contributed by atoms with E-state index in [1.165, 1.54) is 0 Å². The van der Waals surface area contributed by atoms with E-state index >= 15 is 0 Å². The third-order valence-electron chi connectivity index (χ3n) is 1.29. The summed E-state index contributed by atoms with van der Waals surface area (Å²) in [6.07, 6.45) is 0.436. The van der Waals surface area contributed by atoms with Crippen molar-refractivity contribution < 1.29 is 13.6 Å². The van der Waals surface area contributed by atoms with Gasteiger partial charge in [-0.25, -0.2) is 0 Å². The molecule has 0 atom stereocenters. The minimum Gasteiger partial charge on any atom is -0.319 e. The van der Waals surface area contributed by atoms with Gasteiger partial charge in [0.25, 0.3) is 0 Å². The number of hydrogen-bond acceptors (Lipinski definition) is 4. The van der Waals surface area contributed by atoms with Crippen LogP contribution in [0.25, 0.3) is 0 Å². The van der Waals surface area contributed by atoms with E-state index in [0.717, 1.165) is 0 Å². The van der Waals surface area contributed by atoms with Crippen LogP contribution in [0.5, 0.6) is 0 Å². The van der Waals surface area contributed by atoms with Gasteiger partial charge in [0, 0.05) is 6.54 Å². The highest BCUT2D eigenvalue weighted by molar-refractivity contribution is 7.53. The molecule has 74 valence electrons. The molecule has 0 aliphatic heterocycles. The molecule has 0 saturated heterocycles. The first-order valence-corrected chi connectivity index (χ1v) is 5.94. The Morgan fingerprint density at radius 2 is 1.75 bits per heavy atom. The molecule has 1 N–H and O–H groups in total. The predicted octanol–water partition coefficient (Wildman–Crippen LogP) is 1.47. The lowest BCUT2D eigenvalue weighted by atomic mass is 10.8. The molecule has 0 aromatic heterocycles. The van der Waals surface area contributed by atoms with E-state index < -0.39 is 7.60 Å². The summed E-state index contributed by atoms with van der Waals surface area (Å²) in [6.45, 7) is 5.13. The van der Waals surface area contributed by atoms with Crippen LogP contribution in [0, 0.1) is 0 Å². The maximum Gasteiger partial charge on any atom is 0.331 e. The topological polar surface area (TPSA) is 47.6 Å². The molecule has 0 saturated carbocycles. The van der Waals surface area contributed by atoms with Crippen LogP contribution < -0.4 is 5.32 Å². The lowest BCUT2D eigenvalue weighted by Crippen LogP contribution is -2.14. The van der Waals surface area contributed by atoms with Gasteiger partial charge in [-0.2, -0.15) is 0 Å². The minimum atomic E-state index is -2.80. The van der Waals surface area contributed by atoms with Crippen molar-refractivity contribution in [1.29, 1.82) is 0 Å². The molecule has 0 aliphatic rings. The first kappa shape index (κ1) is 12.1. The van der Waals surface area contributed by atoms with Crippen LogP contribution in [0.4, 0.5) is 0 Å². The van der Waals surface area contributed by atoms with Crippen LogP contribution in [0.2, 0.25) is 0 Å². The maximum absolute atomic E-state index is 11.7. The number of rotatable bonds is 7. The lowest BCUT2D eigenvalue weighted by Gasteiger charge is -2.16. The van der Waals surface area contributed by atoms with Gasteiger partial charge in [0.1, 0.15) is 0 Å². The zero-order chi connectivity index (χ0) is 9.45. The zero-order valence-corrected chi connectivity index (χ0v) is 8.89. The van der Waals surface area contributed by atoms with Crippen molar-refractivity contribution in [3.05, 3.63) is 0 Å². The zero-order valence-electron chi connectivity index (χ0n) is 8.00. The molecule has 0 bridgehead atoms. The van der Waals surface area contributed by atoms with Crippen LogP contribution >= 0.6 is 7.60 Å². The van der Waals surface area contributed by atoms with Crippen LogP contribution in [-0.2, 0) is 13.6 Å². The van der Waals surface area contributed by atoms with Crippen molar-refractivity contribution in [2.45, 2.75) is 13.8 Å². The molecule has 12 heavy (non-hydrogen) atoms. The monoisotopic (exact) mass is 195 g/mol. The third kappa shape index (κ3) is 4.88. The summed E-state index contributed by atoms with van der Waals surface area (Å²) in [5.74, 6) is 0. The van der Waals surface area contributed by atoms with Crippen molar-refractivity contribution in [2.24, 2.45) is 0 Å². The van der Waals surface area contributed by atoms with E-state index in [0.29, 0.717) is 25.9 Å². The van der Waals surface area contributed by atoms with Crippen LogP contribution in [0.3, 0.4) is 0 Å². The Bertz CT molecular complexity index is 142. The van der Waals surface area contributed by atoms with Gasteiger partial charge in [0.05, 0.1) is 19.4 Å². The van der Waals surface area contributed by atoms with Crippen molar-refractivity contribution in [1.82, 2.24) is 5.32 Å². The molecule has 0 amide bonds. The second-order valence-corrected chi connectivity index (χ2v) is 4.46. The summed E-state index contributed by atoms with van der Waals surface area (Å²) >= 11 is 0. The van der Waals surface area contributed by atoms with Crippen LogP contribution in [0.1, 0.15) is 13.8 Å². The molecule has 0 unspecified atom stereocenters. The van der Waals surface area contributed by atoms with Gasteiger partial charge in [0.15, 0.2) is 0 Å². The van der Waals surface area contributed by atoms with Gasteiger partial charge >= 0.3 is 7.60 Å². The van der Waals surface area contributed by atoms with Gasteiger partial charge in [-0.3, -0.25) is 4.57 Å². The highest BCUT2D eigenvalue weighted by Crippen LogP contribution is 2.47. The summed E-state index contributed by atoms with van der Waals surface area (Å²) in [7, 11) is -0.991. The van der Waals surface area contributed by atoms with Gasteiger partial charge in [-0.1, -0.05) is 0 Å². The smallest absolute Gasteiger partial charge is 0.319 e. The number of hydrogen-bond donors (Lipinski definition) is 1. The van der Waals surface area contributed by atoms with E-state index in [4.69, 9.17) is 9.05 Å². The molecule has 0 rings (SSSR count). The van der Waals surface area contributed by atoms with Crippen molar-refractivity contribution in [2.75, 3.05) is 33.0 Å². The maximum atomic E-state index is 11.7. The molecule has 0 heterocycles. The molecular weight excluding hydrogens is 177 g/mol. The fourth-order valence-electron chi connectivity index (χ4n) is 0.808. The Kier molecular flexibility index (Phi) is 6.67. The van der Waals surface area contributed by atoms with Gasteiger partial charge in [-0.15, -0.1) is 0 Å². The molecule has 0 radical (unpaired) electrons. The van der Waals surface area contributed by atoms with Crippen molar-refractivity contribution in [3.8, 4) is 0 Å². The van der Waals surface area contributed by atoms with Gasteiger partial charge in [-0.05, 0) is 20.9 Å². The highest BCUT2D eigenvalue weighted by Gasteiger charge is 2.21.